The van der Waals surface area contributed by atoms with Crippen molar-refractivity contribution < 1.29 is 19.0 Å². The molecule has 7 heteroatoms. The maximum atomic E-state index is 12.3. The molecule has 2 aromatic carbocycles. The van der Waals surface area contributed by atoms with Gasteiger partial charge in [0.05, 0.1) is 17.9 Å². The number of aromatic nitrogens is 1. The molecule has 3 aromatic rings. The summed E-state index contributed by atoms with van der Waals surface area (Å²) in [5, 5.41) is 0. The van der Waals surface area contributed by atoms with Crippen LogP contribution in [0.5, 0.6) is 11.5 Å². The van der Waals surface area contributed by atoms with Gasteiger partial charge in [-0.1, -0.05) is 35.6 Å². The van der Waals surface area contributed by atoms with Crippen LogP contribution < -0.4 is 14.3 Å². The van der Waals surface area contributed by atoms with E-state index in [0.717, 1.165) is 16.0 Å². The number of rotatable bonds is 8. The second kappa shape index (κ2) is 9.34. The van der Waals surface area contributed by atoms with Crippen LogP contribution in [0.3, 0.4) is 0 Å². The zero-order chi connectivity index (χ0) is 19.1. The number of amides is 1. The zero-order valence-electron chi connectivity index (χ0n) is 15.4. The maximum Gasteiger partial charge on any atom is 0.286 e. The van der Waals surface area contributed by atoms with Crippen molar-refractivity contribution in [2.75, 3.05) is 26.9 Å². The van der Waals surface area contributed by atoms with Crippen molar-refractivity contribution in [2.45, 2.75) is 13.5 Å². The normalized spacial score (nSPS) is 11.7. The van der Waals surface area contributed by atoms with Gasteiger partial charge in [-0.25, -0.2) is 0 Å². The predicted molar refractivity (Wildman–Crippen MR) is 105 cm³/mol. The van der Waals surface area contributed by atoms with Crippen molar-refractivity contribution in [2.24, 2.45) is 4.99 Å². The first-order valence-electron chi connectivity index (χ1n) is 8.72. The Morgan fingerprint density at radius 2 is 1.93 bits per heavy atom. The molecule has 142 valence electrons. The Labute approximate surface area is 161 Å². The number of hydrogen-bond acceptors (Lipinski definition) is 5. The average Bonchev–Trinajstić information content (AvgIpc) is 3.03. The lowest BCUT2D eigenvalue weighted by molar-refractivity contribution is -0.120. The second-order valence-electron chi connectivity index (χ2n) is 5.67. The lowest BCUT2D eigenvalue weighted by Gasteiger charge is -2.09. The van der Waals surface area contributed by atoms with Crippen LogP contribution in [0.4, 0.5) is 0 Å². The molecule has 6 nitrogen and oxygen atoms in total. The monoisotopic (exact) mass is 386 g/mol. The topological polar surface area (TPSA) is 62.0 Å². The second-order valence-corrected chi connectivity index (χ2v) is 6.68. The molecule has 1 aromatic heterocycles. The highest BCUT2D eigenvalue weighted by molar-refractivity contribution is 7.16. The molecule has 0 bridgehead atoms. The number of hydrogen-bond donors (Lipinski definition) is 0. The fourth-order valence-corrected chi connectivity index (χ4v) is 3.74. The third kappa shape index (κ3) is 4.75. The molecule has 0 radical (unpaired) electrons. The Morgan fingerprint density at radius 1 is 1.11 bits per heavy atom. The van der Waals surface area contributed by atoms with Gasteiger partial charge in [0, 0.05) is 13.7 Å². The van der Waals surface area contributed by atoms with Crippen molar-refractivity contribution in [1.82, 2.24) is 4.57 Å². The van der Waals surface area contributed by atoms with Gasteiger partial charge in [-0.2, -0.15) is 4.99 Å². The molecule has 3 rings (SSSR count). The Kier molecular flexibility index (Phi) is 6.62. The minimum absolute atomic E-state index is 0.110. The number of methoxy groups -OCH3 is 1. The number of fused-ring (bicyclic) bond motifs is 1. The Bertz CT molecular complexity index is 963. The van der Waals surface area contributed by atoms with E-state index in [9.17, 15) is 4.79 Å². The molecule has 0 aliphatic heterocycles. The number of thiazole rings is 1. The summed E-state index contributed by atoms with van der Waals surface area (Å²) in [6.45, 7) is 3.48. The van der Waals surface area contributed by atoms with Crippen LogP contribution in [0.25, 0.3) is 10.2 Å². The summed E-state index contributed by atoms with van der Waals surface area (Å²) in [7, 11) is 1.65. The quantitative estimate of drug-likeness (QED) is 0.596. The van der Waals surface area contributed by atoms with Gasteiger partial charge in [0.2, 0.25) is 0 Å². The number of benzene rings is 2. The summed E-state index contributed by atoms with van der Waals surface area (Å²) >= 11 is 1.45. The fourth-order valence-electron chi connectivity index (χ4n) is 2.65. The van der Waals surface area contributed by atoms with Crippen molar-refractivity contribution in [3.63, 3.8) is 0 Å². The molecule has 1 heterocycles. The molecule has 0 N–H and O–H groups in total. The van der Waals surface area contributed by atoms with Crippen molar-refractivity contribution in [3.05, 3.63) is 53.3 Å². The van der Waals surface area contributed by atoms with Gasteiger partial charge in [0.25, 0.3) is 5.91 Å². The minimum Gasteiger partial charge on any atom is -0.492 e. The summed E-state index contributed by atoms with van der Waals surface area (Å²) in [5.74, 6) is 1.08. The molecule has 0 aliphatic rings. The van der Waals surface area contributed by atoms with Gasteiger partial charge >= 0.3 is 0 Å². The van der Waals surface area contributed by atoms with Gasteiger partial charge in [0.1, 0.15) is 17.0 Å². The molecule has 0 spiro atoms. The van der Waals surface area contributed by atoms with Crippen LogP contribution >= 0.6 is 11.3 Å². The highest BCUT2D eigenvalue weighted by Gasteiger charge is 2.13. The first-order chi connectivity index (χ1) is 13.2. The van der Waals surface area contributed by atoms with E-state index in [0.29, 0.717) is 30.3 Å². The van der Waals surface area contributed by atoms with Gasteiger partial charge in [-0.3, -0.25) is 4.79 Å². The van der Waals surface area contributed by atoms with Crippen molar-refractivity contribution >= 4 is 27.5 Å². The molecule has 0 saturated heterocycles. The van der Waals surface area contributed by atoms with E-state index >= 15 is 0 Å². The fraction of sp³-hybridized carbons (Fsp3) is 0.300. The van der Waals surface area contributed by atoms with Crippen LogP contribution in [0, 0.1) is 0 Å². The summed E-state index contributed by atoms with van der Waals surface area (Å²) < 4.78 is 19.5. The maximum absolute atomic E-state index is 12.3. The Balaban J connectivity index is 1.92. The van der Waals surface area contributed by atoms with E-state index in [1.54, 1.807) is 19.2 Å². The smallest absolute Gasteiger partial charge is 0.286 e. The third-order valence-electron chi connectivity index (χ3n) is 3.81. The van der Waals surface area contributed by atoms with Crippen molar-refractivity contribution in [1.29, 1.82) is 0 Å². The standard InChI is InChI=1S/C20H22N2O4S/c1-3-25-16-10-7-11-17-19(16)22(12-13-24-2)20(27-17)21-18(23)14-26-15-8-5-4-6-9-15/h4-11H,3,12-14H2,1-2H3. The number of nitrogens with zero attached hydrogens (tertiary/aromatic N) is 2. The molecule has 27 heavy (non-hydrogen) atoms. The number of para-hydroxylation sites is 2. The predicted octanol–water partition coefficient (Wildman–Crippen LogP) is 3.25. The van der Waals surface area contributed by atoms with Crippen LogP contribution in [-0.2, 0) is 16.1 Å². The van der Waals surface area contributed by atoms with Crippen LogP contribution in [-0.4, -0.2) is 37.4 Å². The van der Waals surface area contributed by atoms with E-state index < -0.39 is 0 Å². The van der Waals surface area contributed by atoms with Crippen molar-refractivity contribution in [3.8, 4) is 11.5 Å². The Morgan fingerprint density at radius 3 is 2.67 bits per heavy atom. The number of carbonyl (C=O) groups excluding carboxylic acids is 1. The Hall–Kier alpha value is -2.64. The minimum atomic E-state index is -0.338. The lowest BCUT2D eigenvalue weighted by atomic mass is 10.3. The molecule has 0 atom stereocenters. The molecule has 0 fully saturated rings. The molecule has 0 unspecified atom stereocenters. The van der Waals surface area contributed by atoms with Gasteiger partial charge in [0.15, 0.2) is 11.4 Å². The third-order valence-corrected chi connectivity index (χ3v) is 4.85. The first-order valence-corrected chi connectivity index (χ1v) is 9.54. The van der Waals surface area contributed by atoms with E-state index in [-0.39, 0.29) is 12.5 Å². The van der Waals surface area contributed by atoms with E-state index in [2.05, 4.69) is 4.99 Å². The highest BCUT2D eigenvalue weighted by Crippen LogP contribution is 2.27. The van der Waals surface area contributed by atoms with Gasteiger partial charge < -0.3 is 18.8 Å². The summed E-state index contributed by atoms with van der Waals surface area (Å²) in [6, 6.07) is 15.1. The zero-order valence-corrected chi connectivity index (χ0v) is 16.2. The first kappa shape index (κ1) is 19.1. The molecular weight excluding hydrogens is 364 g/mol. The molecule has 0 saturated carbocycles. The summed E-state index contributed by atoms with van der Waals surface area (Å²) in [5.41, 5.74) is 0.928. The molecular formula is C20H22N2O4S. The molecule has 0 aliphatic carbocycles. The van der Waals surface area contributed by atoms with E-state index in [1.165, 1.54) is 11.3 Å². The largest absolute Gasteiger partial charge is 0.492 e. The lowest BCUT2D eigenvalue weighted by Crippen LogP contribution is -2.21. The number of ether oxygens (including phenoxy) is 3. The van der Waals surface area contributed by atoms with Crippen LogP contribution in [0.1, 0.15) is 6.92 Å². The summed E-state index contributed by atoms with van der Waals surface area (Å²) in [6.07, 6.45) is 0. The van der Waals surface area contributed by atoms with E-state index in [4.69, 9.17) is 14.2 Å². The highest BCUT2D eigenvalue weighted by atomic mass is 32.1. The van der Waals surface area contributed by atoms with Gasteiger partial charge in [-0.15, -0.1) is 0 Å². The van der Waals surface area contributed by atoms with E-state index in [1.807, 2.05) is 47.9 Å². The van der Waals surface area contributed by atoms with Crippen LogP contribution in [0.2, 0.25) is 0 Å². The molecule has 1 amide bonds. The van der Waals surface area contributed by atoms with Gasteiger partial charge in [-0.05, 0) is 31.2 Å². The summed E-state index contributed by atoms with van der Waals surface area (Å²) in [4.78, 5) is 17.2. The SMILES string of the molecule is CCOc1cccc2sc(=NC(=O)COc3ccccc3)n(CCOC)c12. The van der Waals surface area contributed by atoms with Crippen LogP contribution in [0.15, 0.2) is 53.5 Å². The average molecular weight is 386 g/mol. The number of carbonyl (C=O) groups is 1.